The van der Waals surface area contributed by atoms with Gasteiger partial charge in [0.15, 0.2) is 0 Å². The van der Waals surface area contributed by atoms with Gasteiger partial charge in [-0.2, -0.15) is 0 Å². The van der Waals surface area contributed by atoms with E-state index in [9.17, 15) is 0 Å². The van der Waals surface area contributed by atoms with E-state index in [1.807, 2.05) is 31.3 Å². The summed E-state index contributed by atoms with van der Waals surface area (Å²) in [5, 5.41) is 12.7. The molecule has 0 bridgehead atoms. The Morgan fingerprint density at radius 2 is 1.90 bits per heavy atom. The van der Waals surface area contributed by atoms with Gasteiger partial charge in [0.05, 0.1) is 24.4 Å². The van der Waals surface area contributed by atoms with Gasteiger partial charge in [-0.05, 0) is 19.2 Å². The van der Waals surface area contributed by atoms with Gasteiger partial charge >= 0.3 is 0 Å². The molecule has 1 atom stereocenters. The van der Waals surface area contributed by atoms with Crippen molar-refractivity contribution in [3.05, 3.63) is 59.9 Å². The fraction of sp³-hybridized carbons (Fsp3) is 0.188. The smallest absolute Gasteiger partial charge is 0.233 e. The minimum Gasteiger partial charge on any atom is -0.480 e. The van der Waals surface area contributed by atoms with E-state index in [1.165, 1.54) is 0 Å². The van der Waals surface area contributed by atoms with Gasteiger partial charge in [0.25, 0.3) is 0 Å². The number of nitrogens with zero attached hydrogens (tertiary/aromatic N) is 3. The second kappa shape index (κ2) is 5.85. The molecule has 3 aromatic rings. The molecule has 106 valence electrons. The number of pyridine rings is 1. The average Bonchev–Trinajstić information content (AvgIpc) is 2.56. The lowest BCUT2D eigenvalue weighted by Crippen LogP contribution is -2.20. The molecule has 2 aromatic heterocycles. The summed E-state index contributed by atoms with van der Waals surface area (Å²) in [4.78, 5) is 4.50. The van der Waals surface area contributed by atoms with Crippen molar-refractivity contribution in [3.8, 4) is 5.88 Å². The van der Waals surface area contributed by atoms with Crippen molar-refractivity contribution in [1.29, 1.82) is 0 Å². The molecule has 0 amide bonds. The molecular weight excluding hydrogens is 264 g/mol. The number of fused-ring (bicyclic) bond motifs is 1. The molecule has 0 aliphatic rings. The summed E-state index contributed by atoms with van der Waals surface area (Å²) in [5.41, 5.74) is 2.88. The quantitative estimate of drug-likeness (QED) is 0.795. The molecule has 1 N–H and O–H groups in total. The molecule has 0 aliphatic heterocycles. The number of benzene rings is 1. The number of methoxy groups -OCH3 is 1. The third kappa shape index (κ3) is 2.55. The molecule has 21 heavy (non-hydrogen) atoms. The second-order valence-corrected chi connectivity index (χ2v) is 4.64. The molecule has 0 saturated heterocycles. The molecule has 1 unspecified atom stereocenters. The lowest BCUT2D eigenvalue weighted by atomic mass is 10.00. The van der Waals surface area contributed by atoms with Gasteiger partial charge < -0.3 is 10.1 Å². The monoisotopic (exact) mass is 280 g/mol. The van der Waals surface area contributed by atoms with E-state index < -0.39 is 0 Å². The minimum absolute atomic E-state index is 0.0676. The summed E-state index contributed by atoms with van der Waals surface area (Å²) in [6, 6.07) is 13.8. The Kier molecular flexibility index (Phi) is 3.75. The van der Waals surface area contributed by atoms with Gasteiger partial charge in [-0.1, -0.05) is 24.3 Å². The van der Waals surface area contributed by atoms with Gasteiger partial charge in [-0.3, -0.25) is 4.98 Å². The highest BCUT2D eigenvalue weighted by Crippen LogP contribution is 2.26. The number of aromatic nitrogens is 3. The molecule has 0 spiro atoms. The predicted molar refractivity (Wildman–Crippen MR) is 81.2 cm³/mol. The van der Waals surface area contributed by atoms with Crippen LogP contribution >= 0.6 is 0 Å². The second-order valence-electron chi connectivity index (χ2n) is 4.64. The van der Waals surface area contributed by atoms with E-state index in [0.29, 0.717) is 5.88 Å². The Bertz CT molecular complexity index is 737. The topological polar surface area (TPSA) is 59.9 Å². The summed E-state index contributed by atoms with van der Waals surface area (Å²) in [6.07, 6.45) is 1.80. The van der Waals surface area contributed by atoms with Gasteiger partial charge in [-0.15, -0.1) is 10.2 Å². The first-order valence-corrected chi connectivity index (χ1v) is 6.72. The van der Waals surface area contributed by atoms with Crippen molar-refractivity contribution in [2.75, 3.05) is 14.2 Å². The van der Waals surface area contributed by atoms with E-state index in [2.05, 4.69) is 38.7 Å². The van der Waals surface area contributed by atoms with Crippen molar-refractivity contribution in [3.63, 3.8) is 0 Å². The fourth-order valence-electron chi connectivity index (χ4n) is 2.42. The Balaban J connectivity index is 2.09. The van der Waals surface area contributed by atoms with Crippen molar-refractivity contribution in [2.45, 2.75) is 6.04 Å². The number of rotatable bonds is 4. The van der Waals surface area contributed by atoms with Crippen LogP contribution in [0.15, 0.2) is 48.7 Å². The first kappa shape index (κ1) is 13.5. The maximum atomic E-state index is 5.05. The van der Waals surface area contributed by atoms with Crippen LogP contribution in [0.1, 0.15) is 17.3 Å². The molecule has 3 rings (SSSR count). The molecule has 0 aliphatic carbocycles. The number of nitrogens with one attached hydrogen (secondary N) is 1. The van der Waals surface area contributed by atoms with Gasteiger partial charge in [0, 0.05) is 23.2 Å². The van der Waals surface area contributed by atoms with Gasteiger partial charge in [-0.25, -0.2) is 0 Å². The van der Waals surface area contributed by atoms with Crippen molar-refractivity contribution in [1.82, 2.24) is 20.5 Å². The normalized spacial score (nSPS) is 12.3. The maximum Gasteiger partial charge on any atom is 0.233 e. The third-order valence-corrected chi connectivity index (χ3v) is 3.43. The van der Waals surface area contributed by atoms with Crippen molar-refractivity contribution < 1.29 is 4.74 Å². The van der Waals surface area contributed by atoms with Crippen LogP contribution in [0.3, 0.4) is 0 Å². The first-order valence-electron chi connectivity index (χ1n) is 6.72. The molecule has 0 fully saturated rings. The number of para-hydroxylation sites is 1. The van der Waals surface area contributed by atoms with Crippen molar-refractivity contribution in [2.24, 2.45) is 0 Å². The van der Waals surface area contributed by atoms with Gasteiger partial charge in [0.2, 0.25) is 5.88 Å². The van der Waals surface area contributed by atoms with Crippen LogP contribution in [-0.2, 0) is 0 Å². The summed E-state index contributed by atoms with van der Waals surface area (Å²) >= 11 is 0. The Labute approximate surface area is 123 Å². The Morgan fingerprint density at radius 1 is 1.05 bits per heavy atom. The van der Waals surface area contributed by atoms with E-state index in [1.54, 1.807) is 13.3 Å². The standard InChI is InChI=1S/C16H16N4O/c1-17-16(13-8-9-14(21-2)20-19-13)12-7-3-5-11-6-4-10-18-15(11)12/h3-10,16-17H,1-2H3. The SMILES string of the molecule is CNC(c1ccc(OC)nn1)c1cccc2cccnc12. The largest absolute Gasteiger partial charge is 0.480 e. The lowest BCUT2D eigenvalue weighted by Gasteiger charge is -2.17. The van der Waals surface area contributed by atoms with Crippen LogP contribution in [0.25, 0.3) is 10.9 Å². The minimum atomic E-state index is -0.0676. The van der Waals surface area contributed by atoms with Crippen LogP contribution in [0.2, 0.25) is 0 Å². The van der Waals surface area contributed by atoms with Crippen LogP contribution < -0.4 is 10.1 Å². The van der Waals surface area contributed by atoms with E-state index >= 15 is 0 Å². The fourth-order valence-corrected chi connectivity index (χ4v) is 2.42. The van der Waals surface area contributed by atoms with Crippen LogP contribution in [-0.4, -0.2) is 29.3 Å². The maximum absolute atomic E-state index is 5.05. The molecular formula is C16H16N4O. The van der Waals surface area contributed by atoms with E-state index in [0.717, 1.165) is 22.2 Å². The zero-order chi connectivity index (χ0) is 14.7. The summed E-state index contributed by atoms with van der Waals surface area (Å²) in [7, 11) is 3.48. The number of hydrogen-bond acceptors (Lipinski definition) is 5. The molecule has 5 heteroatoms. The van der Waals surface area contributed by atoms with Crippen LogP contribution in [0, 0.1) is 0 Å². The molecule has 1 aromatic carbocycles. The number of ether oxygens (including phenoxy) is 1. The highest BCUT2D eigenvalue weighted by Gasteiger charge is 2.17. The summed E-state index contributed by atoms with van der Waals surface area (Å²) in [5.74, 6) is 0.504. The predicted octanol–water partition coefficient (Wildman–Crippen LogP) is 2.34. The van der Waals surface area contributed by atoms with Crippen LogP contribution in [0.5, 0.6) is 5.88 Å². The Hall–Kier alpha value is -2.53. The highest BCUT2D eigenvalue weighted by molar-refractivity contribution is 5.82. The molecule has 2 heterocycles. The molecule has 0 saturated carbocycles. The van der Waals surface area contributed by atoms with E-state index in [4.69, 9.17) is 4.74 Å². The Morgan fingerprint density at radius 3 is 2.62 bits per heavy atom. The zero-order valence-electron chi connectivity index (χ0n) is 11.9. The first-order chi connectivity index (χ1) is 10.3. The zero-order valence-corrected chi connectivity index (χ0v) is 11.9. The van der Waals surface area contributed by atoms with E-state index in [-0.39, 0.29) is 6.04 Å². The molecule has 5 nitrogen and oxygen atoms in total. The van der Waals surface area contributed by atoms with Crippen LogP contribution in [0.4, 0.5) is 0 Å². The lowest BCUT2D eigenvalue weighted by molar-refractivity contribution is 0.390. The third-order valence-electron chi connectivity index (χ3n) is 3.43. The van der Waals surface area contributed by atoms with Gasteiger partial charge in [0.1, 0.15) is 0 Å². The summed E-state index contributed by atoms with van der Waals surface area (Å²) < 4.78 is 5.05. The highest BCUT2D eigenvalue weighted by atomic mass is 16.5. The van der Waals surface area contributed by atoms with Crippen molar-refractivity contribution >= 4 is 10.9 Å². The average molecular weight is 280 g/mol. The number of hydrogen-bond donors (Lipinski definition) is 1. The summed E-state index contributed by atoms with van der Waals surface area (Å²) in [6.45, 7) is 0. The molecule has 0 radical (unpaired) electrons.